The first-order chi connectivity index (χ1) is 10.6. The molecule has 2 aromatic heterocycles. The Balaban J connectivity index is 1.67. The number of rotatable bonds is 4. The van der Waals surface area contributed by atoms with Gasteiger partial charge in [0.1, 0.15) is 0 Å². The van der Waals surface area contributed by atoms with E-state index in [1.165, 1.54) is 0 Å². The number of carbonyl (C=O) groups excluding carboxylic acids is 1. The van der Waals surface area contributed by atoms with Crippen molar-refractivity contribution in [2.75, 3.05) is 0 Å². The van der Waals surface area contributed by atoms with Crippen LogP contribution in [0.1, 0.15) is 21.6 Å². The molecule has 0 radical (unpaired) electrons. The third-order valence-electron chi connectivity index (χ3n) is 3.29. The van der Waals surface area contributed by atoms with E-state index < -0.39 is 0 Å². The molecule has 0 spiro atoms. The summed E-state index contributed by atoms with van der Waals surface area (Å²) in [5.74, 6) is 0.303. The molecule has 0 aliphatic heterocycles. The summed E-state index contributed by atoms with van der Waals surface area (Å²) in [6.07, 6.45) is 3.56. The number of benzene rings is 1. The number of hydrogen-bond acceptors (Lipinski definition) is 4. The second kappa shape index (κ2) is 5.85. The summed E-state index contributed by atoms with van der Waals surface area (Å²) < 4.78 is 6.93. The van der Waals surface area contributed by atoms with Crippen LogP contribution in [0.3, 0.4) is 0 Å². The fourth-order valence-electron chi connectivity index (χ4n) is 2.07. The maximum absolute atomic E-state index is 12.1. The summed E-state index contributed by atoms with van der Waals surface area (Å²) in [6.45, 7) is 2.42. The van der Waals surface area contributed by atoms with E-state index in [4.69, 9.17) is 4.52 Å². The number of nitrogens with one attached hydrogen (secondary N) is 1. The van der Waals surface area contributed by atoms with Gasteiger partial charge in [0, 0.05) is 37.0 Å². The van der Waals surface area contributed by atoms with Crippen molar-refractivity contribution in [3.05, 3.63) is 59.5 Å². The molecular formula is C16H16N4O2. The van der Waals surface area contributed by atoms with Crippen LogP contribution < -0.4 is 5.32 Å². The second-order valence-corrected chi connectivity index (χ2v) is 5.15. The molecule has 0 fully saturated rings. The SMILES string of the molecule is Cc1ccc(-c2cc(C(=O)NCc3cnn(C)c3)no2)cc1. The lowest BCUT2D eigenvalue weighted by atomic mass is 10.1. The Bertz CT molecular complexity index is 787. The molecule has 6 nitrogen and oxygen atoms in total. The van der Waals surface area contributed by atoms with Gasteiger partial charge in [0.2, 0.25) is 0 Å². The van der Waals surface area contributed by atoms with Gasteiger partial charge in [0.15, 0.2) is 11.5 Å². The second-order valence-electron chi connectivity index (χ2n) is 5.15. The molecule has 6 heteroatoms. The third-order valence-corrected chi connectivity index (χ3v) is 3.29. The molecule has 2 heterocycles. The van der Waals surface area contributed by atoms with Gasteiger partial charge in [-0.15, -0.1) is 0 Å². The molecule has 0 unspecified atom stereocenters. The molecule has 1 aromatic carbocycles. The molecule has 1 amide bonds. The summed E-state index contributed by atoms with van der Waals surface area (Å²) in [5.41, 5.74) is 3.25. The summed E-state index contributed by atoms with van der Waals surface area (Å²) in [4.78, 5) is 12.1. The van der Waals surface area contributed by atoms with E-state index in [2.05, 4.69) is 15.6 Å². The molecule has 0 atom stereocenters. The van der Waals surface area contributed by atoms with Crippen LogP contribution in [-0.2, 0) is 13.6 Å². The highest BCUT2D eigenvalue weighted by Gasteiger charge is 2.13. The quantitative estimate of drug-likeness (QED) is 0.802. The van der Waals surface area contributed by atoms with Crippen molar-refractivity contribution >= 4 is 5.91 Å². The van der Waals surface area contributed by atoms with Crippen molar-refractivity contribution < 1.29 is 9.32 Å². The average molecular weight is 296 g/mol. The van der Waals surface area contributed by atoms with Gasteiger partial charge in [-0.25, -0.2) is 0 Å². The van der Waals surface area contributed by atoms with Crippen LogP contribution >= 0.6 is 0 Å². The smallest absolute Gasteiger partial charge is 0.273 e. The largest absolute Gasteiger partial charge is 0.355 e. The van der Waals surface area contributed by atoms with Gasteiger partial charge < -0.3 is 9.84 Å². The van der Waals surface area contributed by atoms with E-state index in [1.807, 2.05) is 44.4 Å². The first-order valence-electron chi connectivity index (χ1n) is 6.91. The molecule has 0 saturated carbocycles. The van der Waals surface area contributed by atoms with Crippen LogP contribution in [0.5, 0.6) is 0 Å². The van der Waals surface area contributed by atoms with Crippen molar-refractivity contribution in [1.29, 1.82) is 0 Å². The van der Waals surface area contributed by atoms with Gasteiger partial charge in [0.25, 0.3) is 5.91 Å². The summed E-state index contributed by atoms with van der Waals surface area (Å²) in [7, 11) is 1.83. The molecular weight excluding hydrogens is 280 g/mol. The van der Waals surface area contributed by atoms with Crippen molar-refractivity contribution in [3.63, 3.8) is 0 Å². The lowest BCUT2D eigenvalue weighted by Gasteiger charge is -1.99. The van der Waals surface area contributed by atoms with Crippen LogP contribution in [0.25, 0.3) is 11.3 Å². The zero-order valence-corrected chi connectivity index (χ0v) is 12.4. The lowest BCUT2D eigenvalue weighted by molar-refractivity contribution is 0.0942. The van der Waals surface area contributed by atoms with Crippen LogP contribution in [0.2, 0.25) is 0 Å². The Morgan fingerprint density at radius 2 is 2.09 bits per heavy atom. The van der Waals surface area contributed by atoms with E-state index in [0.29, 0.717) is 12.3 Å². The predicted molar refractivity (Wildman–Crippen MR) is 81.1 cm³/mol. The van der Waals surface area contributed by atoms with Crippen molar-refractivity contribution in [2.24, 2.45) is 7.05 Å². The Kier molecular flexibility index (Phi) is 3.74. The molecule has 22 heavy (non-hydrogen) atoms. The highest BCUT2D eigenvalue weighted by molar-refractivity contribution is 5.93. The van der Waals surface area contributed by atoms with Crippen molar-refractivity contribution in [2.45, 2.75) is 13.5 Å². The Morgan fingerprint density at radius 3 is 2.77 bits per heavy atom. The number of aryl methyl sites for hydroxylation is 2. The van der Waals surface area contributed by atoms with Gasteiger partial charge in [-0.05, 0) is 6.92 Å². The average Bonchev–Trinajstić information content (AvgIpc) is 3.15. The fourth-order valence-corrected chi connectivity index (χ4v) is 2.07. The number of amides is 1. The molecule has 0 aliphatic rings. The van der Waals surface area contributed by atoms with Crippen molar-refractivity contribution in [3.8, 4) is 11.3 Å². The van der Waals surface area contributed by atoms with Crippen LogP contribution in [-0.4, -0.2) is 20.8 Å². The molecule has 3 aromatic rings. The lowest BCUT2D eigenvalue weighted by Crippen LogP contribution is -2.22. The zero-order chi connectivity index (χ0) is 15.5. The van der Waals surface area contributed by atoms with E-state index in [-0.39, 0.29) is 11.6 Å². The van der Waals surface area contributed by atoms with Crippen LogP contribution in [0, 0.1) is 6.92 Å². The number of nitrogens with zero attached hydrogens (tertiary/aromatic N) is 3. The fraction of sp³-hybridized carbons (Fsp3) is 0.188. The van der Waals surface area contributed by atoms with E-state index in [0.717, 1.165) is 16.7 Å². The minimum absolute atomic E-state index is 0.263. The highest BCUT2D eigenvalue weighted by Crippen LogP contribution is 2.20. The Labute approximate surface area is 127 Å². The van der Waals surface area contributed by atoms with E-state index in [1.54, 1.807) is 16.9 Å². The van der Waals surface area contributed by atoms with Crippen LogP contribution in [0.4, 0.5) is 0 Å². The molecule has 0 bridgehead atoms. The Hall–Kier alpha value is -2.89. The number of hydrogen-bond donors (Lipinski definition) is 1. The normalized spacial score (nSPS) is 10.6. The molecule has 1 N–H and O–H groups in total. The standard InChI is InChI=1S/C16H16N4O2/c1-11-3-5-13(6-4-11)15-7-14(19-22-15)16(21)17-8-12-9-18-20(2)10-12/h3-7,9-10H,8H2,1-2H3,(H,17,21). The topological polar surface area (TPSA) is 73.0 Å². The molecule has 0 saturated heterocycles. The van der Waals surface area contributed by atoms with Gasteiger partial charge in [-0.1, -0.05) is 35.0 Å². The molecule has 3 rings (SSSR count). The summed E-state index contributed by atoms with van der Waals surface area (Å²) in [5, 5.41) is 10.7. The molecule has 112 valence electrons. The summed E-state index contributed by atoms with van der Waals surface area (Å²) in [6, 6.07) is 9.49. The summed E-state index contributed by atoms with van der Waals surface area (Å²) >= 11 is 0. The third kappa shape index (κ3) is 3.06. The minimum Gasteiger partial charge on any atom is -0.355 e. The zero-order valence-electron chi connectivity index (χ0n) is 12.4. The first kappa shape index (κ1) is 14.1. The minimum atomic E-state index is -0.272. The van der Waals surface area contributed by atoms with Gasteiger partial charge in [-0.3, -0.25) is 9.48 Å². The number of aromatic nitrogens is 3. The monoisotopic (exact) mass is 296 g/mol. The predicted octanol–water partition coefficient (Wildman–Crippen LogP) is 2.31. The van der Waals surface area contributed by atoms with E-state index >= 15 is 0 Å². The van der Waals surface area contributed by atoms with Gasteiger partial charge in [-0.2, -0.15) is 5.10 Å². The van der Waals surface area contributed by atoms with Gasteiger partial charge >= 0.3 is 0 Å². The van der Waals surface area contributed by atoms with Gasteiger partial charge in [0.05, 0.1) is 6.20 Å². The first-order valence-corrected chi connectivity index (χ1v) is 6.91. The highest BCUT2D eigenvalue weighted by atomic mass is 16.5. The maximum atomic E-state index is 12.1. The maximum Gasteiger partial charge on any atom is 0.273 e. The number of carbonyl (C=O) groups is 1. The Morgan fingerprint density at radius 1 is 1.32 bits per heavy atom. The van der Waals surface area contributed by atoms with Crippen molar-refractivity contribution in [1.82, 2.24) is 20.3 Å². The molecule has 0 aliphatic carbocycles. The van der Waals surface area contributed by atoms with Crippen LogP contribution in [0.15, 0.2) is 47.2 Å². The van der Waals surface area contributed by atoms with E-state index in [9.17, 15) is 4.79 Å².